The molecule has 1 saturated heterocycles. The van der Waals surface area contributed by atoms with Crippen LogP contribution < -0.4 is 10.1 Å². The number of piperidine rings is 1. The number of anilines is 1. The number of nitrogens with one attached hydrogen (secondary N) is 1. The van der Waals surface area contributed by atoms with Crippen molar-refractivity contribution in [3.8, 4) is 11.4 Å². The first-order valence-electron chi connectivity index (χ1n) is 10.2. The van der Waals surface area contributed by atoms with Crippen molar-refractivity contribution in [3.63, 3.8) is 0 Å². The molecule has 0 unspecified atom stereocenters. The summed E-state index contributed by atoms with van der Waals surface area (Å²) < 4.78 is 7.61. The number of ether oxygens (including phenoxy) is 1. The number of nitro benzene ring substituents is 1. The number of nitro groups is 1. The van der Waals surface area contributed by atoms with Gasteiger partial charge in [-0.2, -0.15) is 0 Å². The molecule has 3 heterocycles. The first kappa shape index (κ1) is 19.2. The van der Waals surface area contributed by atoms with Crippen LogP contribution in [0.1, 0.15) is 28.9 Å². The lowest BCUT2D eigenvalue weighted by molar-refractivity contribution is -0.384. The number of nitrogens with zero attached hydrogens (tertiary/aromatic N) is 3. The number of carbonyl (C=O) groups excluding carboxylic acids is 1. The van der Waals surface area contributed by atoms with Crippen molar-refractivity contribution in [2.45, 2.75) is 18.4 Å². The SMILES string of the molecule is COc1ccc2c(c1)NC1(CCN(C(=O)c3ccc([N+](=O)[O-])cc3)CC1)c1cccn1-2. The molecule has 5 rings (SSSR count). The van der Waals surface area contributed by atoms with E-state index in [0.717, 1.165) is 30.0 Å². The number of amides is 1. The third-order valence-corrected chi connectivity index (χ3v) is 6.31. The van der Waals surface area contributed by atoms with Crippen molar-refractivity contribution < 1.29 is 14.5 Å². The van der Waals surface area contributed by atoms with Crippen molar-refractivity contribution in [1.82, 2.24) is 9.47 Å². The number of hydrogen-bond donors (Lipinski definition) is 1. The van der Waals surface area contributed by atoms with Crippen molar-refractivity contribution in [2.75, 3.05) is 25.5 Å². The lowest BCUT2D eigenvalue weighted by Gasteiger charge is -2.46. The van der Waals surface area contributed by atoms with E-state index in [2.05, 4.69) is 22.1 Å². The molecule has 2 aliphatic heterocycles. The molecule has 1 N–H and O–H groups in total. The van der Waals surface area contributed by atoms with Crippen LogP contribution >= 0.6 is 0 Å². The van der Waals surface area contributed by atoms with E-state index in [1.807, 2.05) is 29.2 Å². The van der Waals surface area contributed by atoms with E-state index in [0.29, 0.717) is 18.7 Å². The summed E-state index contributed by atoms with van der Waals surface area (Å²) in [5.74, 6) is 0.695. The van der Waals surface area contributed by atoms with Crippen molar-refractivity contribution >= 4 is 17.3 Å². The van der Waals surface area contributed by atoms with Gasteiger partial charge in [-0.15, -0.1) is 0 Å². The molecule has 1 amide bonds. The fourth-order valence-electron chi connectivity index (χ4n) is 4.64. The summed E-state index contributed by atoms with van der Waals surface area (Å²) in [6, 6.07) is 16.0. The highest BCUT2D eigenvalue weighted by molar-refractivity contribution is 5.94. The summed E-state index contributed by atoms with van der Waals surface area (Å²) >= 11 is 0. The van der Waals surface area contributed by atoms with Gasteiger partial charge in [0.1, 0.15) is 5.75 Å². The van der Waals surface area contributed by atoms with E-state index in [4.69, 9.17) is 4.74 Å². The predicted octanol–water partition coefficient (Wildman–Crippen LogP) is 3.95. The number of benzene rings is 2. The zero-order valence-corrected chi connectivity index (χ0v) is 17.1. The topological polar surface area (TPSA) is 89.6 Å². The minimum atomic E-state index is -0.463. The Bertz CT molecular complexity index is 1160. The predicted molar refractivity (Wildman–Crippen MR) is 116 cm³/mol. The molecule has 0 radical (unpaired) electrons. The highest BCUT2D eigenvalue weighted by Gasteiger charge is 2.42. The van der Waals surface area contributed by atoms with Gasteiger partial charge in [-0.1, -0.05) is 0 Å². The molecule has 3 aromatic rings. The lowest BCUT2D eigenvalue weighted by Crippen LogP contribution is -2.51. The van der Waals surface area contributed by atoms with E-state index in [-0.39, 0.29) is 17.1 Å². The van der Waals surface area contributed by atoms with Gasteiger partial charge in [0, 0.05) is 48.7 Å². The molecule has 0 bridgehead atoms. The molecule has 2 aromatic carbocycles. The molecule has 1 fully saturated rings. The summed E-state index contributed by atoms with van der Waals surface area (Å²) in [7, 11) is 1.66. The number of rotatable bonds is 3. The largest absolute Gasteiger partial charge is 0.497 e. The number of non-ortho nitro benzene ring substituents is 1. The molecule has 0 aliphatic carbocycles. The number of aromatic nitrogens is 1. The minimum Gasteiger partial charge on any atom is -0.497 e. The maximum atomic E-state index is 12.9. The fourth-order valence-corrected chi connectivity index (χ4v) is 4.64. The number of methoxy groups -OCH3 is 1. The summed E-state index contributed by atoms with van der Waals surface area (Å²) in [4.78, 5) is 25.2. The van der Waals surface area contributed by atoms with Crippen LogP contribution in [-0.2, 0) is 5.54 Å². The van der Waals surface area contributed by atoms with Gasteiger partial charge in [-0.05, 0) is 49.2 Å². The molecule has 1 aromatic heterocycles. The van der Waals surface area contributed by atoms with E-state index in [9.17, 15) is 14.9 Å². The second kappa shape index (κ2) is 7.16. The summed E-state index contributed by atoms with van der Waals surface area (Å²) in [5.41, 5.74) is 3.46. The Labute approximate surface area is 179 Å². The van der Waals surface area contributed by atoms with Crippen LogP contribution in [0, 0.1) is 10.1 Å². The fraction of sp³-hybridized carbons (Fsp3) is 0.261. The van der Waals surface area contributed by atoms with Crippen LogP contribution in [0.5, 0.6) is 5.75 Å². The number of fused-ring (bicyclic) bond motifs is 4. The molecule has 0 saturated carbocycles. The summed E-state index contributed by atoms with van der Waals surface area (Å²) in [5, 5.41) is 14.6. The molecule has 2 aliphatic rings. The van der Waals surface area contributed by atoms with Crippen LogP contribution in [0.4, 0.5) is 11.4 Å². The summed E-state index contributed by atoms with van der Waals surface area (Å²) in [6.07, 6.45) is 3.58. The second-order valence-electron chi connectivity index (χ2n) is 7.95. The smallest absolute Gasteiger partial charge is 0.269 e. The second-order valence-corrected chi connectivity index (χ2v) is 7.95. The van der Waals surface area contributed by atoms with Crippen LogP contribution in [0.2, 0.25) is 0 Å². The van der Waals surface area contributed by atoms with E-state index >= 15 is 0 Å². The van der Waals surface area contributed by atoms with Crippen molar-refractivity contribution in [2.24, 2.45) is 0 Å². The molecule has 8 heteroatoms. The monoisotopic (exact) mass is 418 g/mol. The van der Waals surface area contributed by atoms with E-state index < -0.39 is 4.92 Å². The quantitative estimate of drug-likeness (QED) is 0.514. The van der Waals surface area contributed by atoms with Gasteiger partial charge >= 0.3 is 0 Å². The van der Waals surface area contributed by atoms with Gasteiger partial charge in [0.05, 0.1) is 28.9 Å². The number of hydrogen-bond acceptors (Lipinski definition) is 5. The van der Waals surface area contributed by atoms with Crippen LogP contribution in [0.25, 0.3) is 5.69 Å². The lowest BCUT2D eigenvalue weighted by atomic mass is 9.82. The molecular weight excluding hydrogens is 396 g/mol. The molecule has 0 atom stereocenters. The maximum absolute atomic E-state index is 12.9. The Morgan fingerprint density at radius 3 is 2.55 bits per heavy atom. The van der Waals surface area contributed by atoms with Gasteiger partial charge in [-0.3, -0.25) is 14.9 Å². The van der Waals surface area contributed by atoms with Crippen LogP contribution in [-0.4, -0.2) is 40.5 Å². The maximum Gasteiger partial charge on any atom is 0.269 e. The van der Waals surface area contributed by atoms with Crippen LogP contribution in [0.3, 0.4) is 0 Å². The standard InChI is InChI=1S/C23H22N4O4/c1-31-18-8-9-20-19(15-18)24-23(21-3-2-12-26(20)21)10-13-25(14-11-23)22(28)16-4-6-17(7-5-16)27(29)30/h2-9,12,15,24H,10-11,13-14H2,1H3. The molecule has 8 nitrogen and oxygen atoms in total. The first-order chi connectivity index (χ1) is 15.0. The molecule has 31 heavy (non-hydrogen) atoms. The number of likely N-dealkylation sites (tertiary alicyclic amines) is 1. The number of carbonyl (C=O) groups is 1. The Kier molecular flexibility index (Phi) is 4.43. The molecular formula is C23H22N4O4. The van der Waals surface area contributed by atoms with Crippen molar-refractivity contribution in [1.29, 1.82) is 0 Å². The van der Waals surface area contributed by atoms with Crippen molar-refractivity contribution in [3.05, 3.63) is 82.2 Å². The Morgan fingerprint density at radius 2 is 1.87 bits per heavy atom. The van der Waals surface area contributed by atoms with E-state index in [1.54, 1.807) is 7.11 Å². The minimum absolute atomic E-state index is 0.0181. The van der Waals surface area contributed by atoms with Gasteiger partial charge in [0.2, 0.25) is 0 Å². The van der Waals surface area contributed by atoms with Gasteiger partial charge in [0.25, 0.3) is 11.6 Å². The Hall–Kier alpha value is -3.81. The highest BCUT2D eigenvalue weighted by Crippen LogP contribution is 2.44. The van der Waals surface area contributed by atoms with E-state index in [1.165, 1.54) is 30.0 Å². The average Bonchev–Trinajstić information content (AvgIpc) is 3.30. The third kappa shape index (κ3) is 3.11. The average molecular weight is 418 g/mol. The normalized spacial score (nSPS) is 16.2. The molecule has 1 spiro atoms. The Morgan fingerprint density at radius 1 is 1.13 bits per heavy atom. The van der Waals surface area contributed by atoms with Crippen LogP contribution in [0.15, 0.2) is 60.8 Å². The highest BCUT2D eigenvalue weighted by atomic mass is 16.6. The Balaban J connectivity index is 1.38. The van der Waals surface area contributed by atoms with Gasteiger partial charge < -0.3 is 19.5 Å². The summed E-state index contributed by atoms with van der Waals surface area (Å²) in [6.45, 7) is 1.18. The third-order valence-electron chi connectivity index (χ3n) is 6.31. The van der Waals surface area contributed by atoms with Gasteiger partial charge in [-0.25, -0.2) is 0 Å². The molecule has 158 valence electrons. The van der Waals surface area contributed by atoms with Gasteiger partial charge in [0.15, 0.2) is 0 Å². The zero-order valence-electron chi connectivity index (χ0n) is 17.1. The first-order valence-corrected chi connectivity index (χ1v) is 10.2. The zero-order chi connectivity index (χ0) is 21.6.